The average Bonchev–Trinajstić information content (AvgIpc) is 1.62. The van der Waals surface area contributed by atoms with E-state index in [4.69, 9.17) is 19.2 Å². The van der Waals surface area contributed by atoms with Gasteiger partial charge in [0.25, 0.3) is 0 Å². The third-order valence-corrected chi connectivity index (χ3v) is 0.346. The topological polar surface area (TPSA) is 130 Å². The number of hydrogen-bond donors (Lipinski definition) is 3. The number of primary amides is 1. The van der Waals surface area contributed by atoms with E-state index in [1.165, 1.54) is 0 Å². The molecule has 0 aliphatic heterocycles. The predicted octanol–water partition coefficient (Wildman–Crippen LogP) is -0.316. The lowest BCUT2D eigenvalue weighted by molar-refractivity contribution is 0.204. The van der Waals surface area contributed by atoms with Crippen molar-refractivity contribution in [2.45, 2.75) is 0 Å². The van der Waals surface area contributed by atoms with Gasteiger partial charge in [-0.1, -0.05) is 4.36 Å². The Labute approximate surface area is 58.7 Å². The van der Waals surface area contributed by atoms with Crippen LogP contribution in [0.15, 0.2) is 4.36 Å². The predicted molar refractivity (Wildman–Crippen MR) is 30.8 cm³/mol. The Kier molecular flexibility index (Phi) is 8.59. The summed E-state index contributed by atoms with van der Waals surface area (Å²) in [5, 5.41) is 14.7. The highest BCUT2D eigenvalue weighted by atomic mass is 32.1. The maximum Gasteiger partial charge on any atom is 0.444 e. The van der Waals surface area contributed by atoms with E-state index in [0.717, 1.165) is 0 Å². The third kappa shape index (κ3) is 83.3. The summed E-state index contributed by atoms with van der Waals surface area (Å²) in [7, 11) is 0. The Morgan fingerprint density at radius 1 is 1.40 bits per heavy atom. The maximum atomic E-state index is 9.21. The number of hydrogen-bond acceptors (Lipinski definition) is 3. The fraction of sp³-hybridized carbons (Fsp3) is 0. The van der Waals surface area contributed by atoms with Crippen LogP contribution in [0.1, 0.15) is 0 Å². The lowest BCUT2D eigenvalue weighted by Crippen LogP contribution is -2.03. The highest BCUT2D eigenvalue weighted by Gasteiger charge is 1.80. The molecule has 0 unspecified atom stereocenters. The Bertz CT molecular complexity index is 168. The molecular weight excluding hydrogens is 164 g/mol. The van der Waals surface area contributed by atoms with Crippen molar-refractivity contribution in [3.8, 4) is 0 Å². The molecule has 0 aromatic carbocycles. The summed E-state index contributed by atoms with van der Waals surface area (Å²) >= 11 is -0.315. The normalized spacial score (nSPS) is 6.40. The standard InChI is InChI=1S/CHNO3S.CH3NO2/c3-1(4)2-6-5;2-1(3)4/h(H,3,4);2H2,(H,3,4). The van der Waals surface area contributed by atoms with Gasteiger partial charge >= 0.3 is 12.2 Å². The van der Waals surface area contributed by atoms with Crippen molar-refractivity contribution in [2.75, 3.05) is 0 Å². The van der Waals surface area contributed by atoms with E-state index in [0.29, 0.717) is 0 Å². The Morgan fingerprint density at radius 2 is 1.70 bits per heavy atom. The molecule has 2 amide bonds. The molecule has 8 heteroatoms. The number of nitrogens with zero attached hydrogens (tertiary/aromatic N) is 1. The second kappa shape index (κ2) is 7.56. The lowest BCUT2D eigenvalue weighted by atomic mass is 11.3. The van der Waals surface area contributed by atoms with Crippen LogP contribution >= 0.6 is 0 Å². The van der Waals surface area contributed by atoms with Crippen LogP contribution in [-0.2, 0) is 11.5 Å². The van der Waals surface area contributed by atoms with Crippen molar-refractivity contribution in [1.29, 1.82) is 0 Å². The first-order valence-electron chi connectivity index (χ1n) is 1.72. The van der Waals surface area contributed by atoms with E-state index in [-0.39, 0.29) is 11.5 Å². The van der Waals surface area contributed by atoms with Crippen LogP contribution in [0.4, 0.5) is 9.59 Å². The van der Waals surface area contributed by atoms with Gasteiger partial charge in [0.15, 0.2) is 0 Å². The Morgan fingerprint density at radius 3 is 1.70 bits per heavy atom. The Balaban J connectivity index is 0. The van der Waals surface area contributed by atoms with E-state index in [1.807, 2.05) is 0 Å². The van der Waals surface area contributed by atoms with Crippen LogP contribution in [0.5, 0.6) is 0 Å². The van der Waals surface area contributed by atoms with E-state index < -0.39 is 12.2 Å². The molecule has 0 saturated carbocycles. The molecule has 0 aromatic rings. The largest absolute Gasteiger partial charge is 0.465 e. The van der Waals surface area contributed by atoms with Crippen molar-refractivity contribution in [3.05, 3.63) is 0 Å². The van der Waals surface area contributed by atoms with Crippen LogP contribution in [-0.4, -0.2) is 26.6 Å². The van der Waals surface area contributed by atoms with Crippen LogP contribution < -0.4 is 5.73 Å². The summed E-state index contributed by atoms with van der Waals surface area (Å²) in [6, 6.07) is 0. The van der Waals surface area contributed by atoms with Gasteiger partial charge in [-0.3, -0.25) is 0 Å². The molecule has 0 rings (SSSR count). The summed E-state index contributed by atoms with van der Waals surface area (Å²) in [6.45, 7) is 0. The first-order valence-corrected chi connectivity index (χ1v) is 2.42. The summed E-state index contributed by atoms with van der Waals surface area (Å²) in [6.07, 6.45) is -2.77. The molecule has 7 nitrogen and oxygen atoms in total. The van der Waals surface area contributed by atoms with E-state index in [2.05, 4.69) is 10.1 Å². The monoisotopic (exact) mass is 168 g/mol. The number of amides is 2. The molecule has 10 heavy (non-hydrogen) atoms. The zero-order valence-corrected chi connectivity index (χ0v) is 5.37. The van der Waals surface area contributed by atoms with E-state index in [9.17, 15) is 4.79 Å². The zero-order valence-electron chi connectivity index (χ0n) is 4.55. The minimum Gasteiger partial charge on any atom is -0.465 e. The van der Waals surface area contributed by atoms with Gasteiger partial charge in [-0.25, -0.2) is 9.59 Å². The first kappa shape index (κ1) is 11.4. The molecule has 0 bridgehead atoms. The second-order valence-electron chi connectivity index (χ2n) is 0.787. The van der Waals surface area contributed by atoms with Gasteiger partial charge in [-0.2, -0.15) is 4.21 Å². The summed E-state index contributed by atoms with van der Waals surface area (Å²) < 4.78 is 11.5. The fourth-order valence-electron chi connectivity index (χ4n) is 0.0319. The van der Waals surface area contributed by atoms with E-state index in [1.54, 1.807) is 0 Å². The summed E-state index contributed by atoms with van der Waals surface area (Å²) in [4.78, 5) is 18.0. The second-order valence-corrected chi connectivity index (χ2v) is 1.12. The van der Waals surface area contributed by atoms with E-state index >= 15 is 0 Å². The van der Waals surface area contributed by atoms with Gasteiger partial charge in [0.2, 0.25) is 11.5 Å². The van der Waals surface area contributed by atoms with Crippen molar-refractivity contribution in [3.63, 3.8) is 0 Å². The van der Waals surface area contributed by atoms with Crippen LogP contribution in [0.3, 0.4) is 0 Å². The van der Waals surface area contributed by atoms with Gasteiger partial charge in [-0.15, -0.1) is 0 Å². The molecule has 0 spiro atoms. The van der Waals surface area contributed by atoms with Gasteiger partial charge in [0.05, 0.1) is 0 Å². The van der Waals surface area contributed by atoms with Crippen molar-refractivity contribution in [2.24, 2.45) is 10.1 Å². The van der Waals surface area contributed by atoms with Crippen LogP contribution in [0, 0.1) is 0 Å². The van der Waals surface area contributed by atoms with Crippen molar-refractivity contribution >= 4 is 23.6 Å². The van der Waals surface area contributed by atoms with Gasteiger partial charge in [-0.05, 0) is 0 Å². The third-order valence-electron chi connectivity index (χ3n) is 0.115. The molecule has 0 aliphatic carbocycles. The van der Waals surface area contributed by atoms with Gasteiger partial charge in [0, 0.05) is 0 Å². The lowest BCUT2D eigenvalue weighted by Gasteiger charge is -1.61. The molecule has 0 saturated heterocycles. The molecule has 0 radical (unpaired) electrons. The van der Waals surface area contributed by atoms with Gasteiger partial charge < -0.3 is 15.9 Å². The number of carboxylic acid groups (broad SMARTS) is 2. The molecule has 0 atom stereocenters. The van der Waals surface area contributed by atoms with Gasteiger partial charge in [0.1, 0.15) is 0 Å². The number of rotatable bonds is 0. The zero-order chi connectivity index (χ0) is 8.57. The molecule has 0 aromatic heterocycles. The minimum atomic E-state index is -1.44. The minimum absolute atomic E-state index is 0.315. The first-order chi connectivity index (χ1) is 4.50. The highest BCUT2D eigenvalue weighted by molar-refractivity contribution is 7.55. The molecule has 4 N–H and O–H groups in total. The SMILES string of the molecule is NC(=O)O.O=S=NC(=O)O. The fourth-order valence-corrected chi connectivity index (χ4v) is 0.0956. The molecule has 58 valence electrons. The molecule has 0 fully saturated rings. The summed E-state index contributed by atoms with van der Waals surface area (Å²) in [5.74, 6) is 0. The number of carbonyl (C=O) groups is 2. The summed E-state index contributed by atoms with van der Waals surface area (Å²) in [5.41, 5.74) is 4.03. The number of nitrogens with two attached hydrogens (primary N) is 1. The molecular formula is C2H4N2O5S. The Hall–Kier alpha value is -1.44. The van der Waals surface area contributed by atoms with Crippen molar-refractivity contribution in [1.82, 2.24) is 0 Å². The smallest absolute Gasteiger partial charge is 0.444 e. The van der Waals surface area contributed by atoms with Crippen molar-refractivity contribution < 1.29 is 24.0 Å². The van der Waals surface area contributed by atoms with Crippen LogP contribution in [0.25, 0.3) is 0 Å². The quantitative estimate of drug-likeness (QED) is 0.456. The average molecular weight is 168 g/mol. The maximum absolute atomic E-state index is 9.21. The molecule has 0 heterocycles. The van der Waals surface area contributed by atoms with Crippen LogP contribution in [0.2, 0.25) is 0 Å². The molecule has 0 aliphatic rings. The highest BCUT2D eigenvalue weighted by Crippen LogP contribution is 1.62.